The van der Waals surface area contributed by atoms with Crippen molar-refractivity contribution in [3.63, 3.8) is 0 Å². The molecule has 0 spiro atoms. The van der Waals surface area contributed by atoms with E-state index in [1.807, 2.05) is 29.2 Å². The molecule has 2 N–H and O–H groups in total. The summed E-state index contributed by atoms with van der Waals surface area (Å²) in [5.74, 6) is 1.12. The standard InChI is InChI=1S/C17H25BrN2O2/c1-13-12-15(19)9-10-20(13)17(21)4-2-3-11-22-16-7-5-14(18)6-8-16/h5-8,13,15H,2-4,9-12,19H2,1H3/t13-,15-/m1/s1. The van der Waals surface area contributed by atoms with Gasteiger partial charge in [0.25, 0.3) is 0 Å². The maximum Gasteiger partial charge on any atom is 0.222 e. The third kappa shape index (κ3) is 5.29. The molecule has 0 aromatic heterocycles. The summed E-state index contributed by atoms with van der Waals surface area (Å²) in [6.07, 6.45) is 4.19. The van der Waals surface area contributed by atoms with Crippen molar-refractivity contribution in [2.75, 3.05) is 13.2 Å². The quantitative estimate of drug-likeness (QED) is 0.783. The van der Waals surface area contributed by atoms with Crippen LogP contribution in [0.5, 0.6) is 5.75 Å². The minimum Gasteiger partial charge on any atom is -0.494 e. The smallest absolute Gasteiger partial charge is 0.222 e. The number of hydrogen-bond acceptors (Lipinski definition) is 3. The van der Waals surface area contributed by atoms with Gasteiger partial charge in [0.1, 0.15) is 5.75 Å². The van der Waals surface area contributed by atoms with Crippen molar-refractivity contribution in [1.29, 1.82) is 0 Å². The van der Waals surface area contributed by atoms with Gasteiger partial charge in [-0.15, -0.1) is 0 Å². The lowest BCUT2D eigenvalue weighted by molar-refractivity contribution is -0.134. The van der Waals surface area contributed by atoms with Gasteiger partial charge in [0.15, 0.2) is 0 Å². The van der Waals surface area contributed by atoms with Gasteiger partial charge in [0.05, 0.1) is 6.61 Å². The number of rotatable bonds is 6. The molecule has 1 aliphatic rings. The van der Waals surface area contributed by atoms with Gasteiger partial charge in [0, 0.05) is 29.5 Å². The Bertz CT molecular complexity index is 478. The van der Waals surface area contributed by atoms with E-state index in [9.17, 15) is 4.79 Å². The van der Waals surface area contributed by atoms with Crippen LogP contribution < -0.4 is 10.5 Å². The second-order valence-corrected chi connectivity index (χ2v) is 6.90. The first-order chi connectivity index (χ1) is 10.6. The van der Waals surface area contributed by atoms with Crippen LogP contribution in [0.15, 0.2) is 28.7 Å². The highest BCUT2D eigenvalue weighted by Gasteiger charge is 2.26. The lowest BCUT2D eigenvalue weighted by Crippen LogP contribution is -2.48. The number of carbonyl (C=O) groups excluding carboxylic acids is 1. The van der Waals surface area contributed by atoms with Crippen LogP contribution in [-0.2, 0) is 4.79 Å². The molecule has 5 heteroatoms. The van der Waals surface area contributed by atoms with Crippen LogP contribution in [0.4, 0.5) is 0 Å². The van der Waals surface area contributed by atoms with Crippen LogP contribution in [0, 0.1) is 0 Å². The predicted molar refractivity (Wildman–Crippen MR) is 91.9 cm³/mol. The first-order valence-corrected chi connectivity index (χ1v) is 8.79. The fourth-order valence-electron chi connectivity index (χ4n) is 2.82. The molecule has 1 amide bonds. The molecule has 4 nitrogen and oxygen atoms in total. The molecule has 1 saturated heterocycles. The van der Waals surface area contributed by atoms with Gasteiger partial charge in [0.2, 0.25) is 5.91 Å². The third-order valence-electron chi connectivity index (χ3n) is 4.10. The van der Waals surface area contributed by atoms with E-state index < -0.39 is 0 Å². The SMILES string of the molecule is C[C@@H]1C[C@H](N)CCN1C(=O)CCCCOc1ccc(Br)cc1. The van der Waals surface area contributed by atoms with Crippen LogP contribution in [0.1, 0.15) is 39.0 Å². The number of unbranched alkanes of at least 4 members (excludes halogenated alkanes) is 1. The van der Waals surface area contributed by atoms with Crippen molar-refractivity contribution < 1.29 is 9.53 Å². The monoisotopic (exact) mass is 368 g/mol. The van der Waals surface area contributed by atoms with Crippen molar-refractivity contribution in [3.8, 4) is 5.75 Å². The van der Waals surface area contributed by atoms with Crippen molar-refractivity contribution in [3.05, 3.63) is 28.7 Å². The number of nitrogens with zero attached hydrogens (tertiary/aromatic N) is 1. The van der Waals surface area contributed by atoms with Gasteiger partial charge in [-0.05, 0) is 56.9 Å². The van der Waals surface area contributed by atoms with Crippen LogP contribution in [0.25, 0.3) is 0 Å². The first-order valence-electron chi connectivity index (χ1n) is 7.99. The van der Waals surface area contributed by atoms with Crippen molar-refractivity contribution >= 4 is 21.8 Å². The number of halogens is 1. The highest BCUT2D eigenvalue weighted by atomic mass is 79.9. The van der Waals surface area contributed by atoms with Crippen LogP contribution in [-0.4, -0.2) is 36.0 Å². The van der Waals surface area contributed by atoms with Crippen LogP contribution in [0.2, 0.25) is 0 Å². The first kappa shape index (κ1) is 17.3. The molecule has 2 atom stereocenters. The Balaban J connectivity index is 1.62. The van der Waals surface area contributed by atoms with Crippen LogP contribution >= 0.6 is 15.9 Å². The molecule has 1 aromatic carbocycles. The van der Waals surface area contributed by atoms with Gasteiger partial charge in [-0.1, -0.05) is 15.9 Å². The van der Waals surface area contributed by atoms with E-state index in [1.54, 1.807) is 0 Å². The molecule has 0 unspecified atom stereocenters. The Hall–Kier alpha value is -1.07. The summed E-state index contributed by atoms with van der Waals surface area (Å²) in [6.45, 7) is 3.54. The van der Waals surface area contributed by atoms with Crippen LogP contribution in [0.3, 0.4) is 0 Å². The zero-order valence-electron chi connectivity index (χ0n) is 13.1. The van der Waals surface area contributed by atoms with Crippen molar-refractivity contribution in [2.24, 2.45) is 5.73 Å². The summed E-state index contributed by atoms with van der Waals surface area (Å²) in [6, 6.07) is 8.32. The lowest BCUT2D eigenvalue weighted by Gasteiger charge is -2.36. The zero-order chi connectivity index (χ0) is 15.9. The fourth-order valence-corrected chi connectivity index (χ4v) is 3.09. The molecule has 1 aliphatic heterocycles. The zero-order valence-corrected chi connectivity index (χ0v) is 14.7. The number of benzene rings is 1. The molecular weight excluding hydrogens is 344 g/mol. The fraction of sp³-hybridized carbons (Fsp3) is 0.588. The number of ether oxygens (including phenoxy) is 1. The number of likely N-dealkylation sites (tertiary alicyclic amines) is 1. The van der Waals surface area contributed by atoms with E-state index in [1.165, 1.54) is 0 Å². The Labute approximate surface area is 141 Å². The maximum atomic E-state index is 12.2. The average molecular weight is 369 g/mol. The molecule has 1 aromatic rings. The minimum absolute atomic E-state index is 0.248. The van der Waals surface area contributed by atoms with E-state index in [0.717, 1.165) is 42.5 Å². The number of amides is 1. The lowest BCUT2D eigenvalue weighted by atomic mass is 9.98. The van der Waals surface area contributed by atoms with E-state index in [0.29, 0.717) is 13.0 Å². The predicted octanol–water partition coefficient (Wildman–Crippen LogP) is 3.34. The topological polar surface area (TPSA) is 55.6 Å². The summed E-state index contributed by atoms with van der Waals surface area (Å²) in [5, 5.41) is 0. The summed E-state index contributed by atoms with van der Waals surface area (Å²) in [4.78, 5) is 14.2. The number of carbonyl (C=O) groups is 1. The second kappa shape index (κ2) is 8.53. The van der Waals surface area contributed by atoms with E-state index in [4.69, 9.17) is 10.5 Å². The highest BCUT2D eigenvalue weighted by molar-refractivity contribution is 9.10. The molecular formula is C17H25BrN2O2. The Kier molecular flexibility index (Phi) is 6.70. The summed E-state index contributed by atoms with van der Waals surface area (Å²) in [7, 11) is 0. The summed E-state index contributed by atoms with van der Waals surface area (Å²) >= 11 is 3.40. The van der Waals surface area contributed by atoms with E-state index in [2.05, 4.69) is 22.9 Å². The average Bonchev–Trinajstić information content (AvgIpc) is 2.48. The van der Waals surface area contributed by atoms with E-state index >= 15 is 0 Å². The third-order valence-corrected chi connectivity index (χ3v) is 4.63. The van der Waals surface area contributed by atoms with Crippen molar-refractivity contribution in [1.82, 2.24) is 4.90 Å². The largest absolute Gasteiger partial charge is 0.494 e. The molecule has 0 aliphatic carbocycles. The Morgan fingerprint density at radius 3 is 2.77 bits per heavy atom. The minimum atomic E-state index is 0.248. The van der Waals surface area contributed by atoms with Gasteiger partial charge in [-0.2, -0.15) is 0 Å². The normalized spacial score (nSPS) is 21.7. The molecule has 2 rings (SSSR count). The van der Waals surface area contributed by atoms with Gasteiger partial charge in [-0.3, -0.25) is 4.79 Å². The highest BCUT2D eigenvalue weighted by Crippen LogP contribution is 2.18. The molecule has 0 saturated carbocycles. The number of piperidine rings is 1. The Morgan fingerprint density at radius 2 is 2.09 bits per heavy atom. The molecule has 0 bridgehead atoms. The summed E-state index contributed by atoms with van der Waals surface area (Å²) < 4.78 is 6.70. The van der Waals surface area contributed by atoms with E-state index in [-0.39, 0.29) is 18.0 Å². The molecule has 122 valence electrons. The van der Waals surface area contributed by atoms with Gasteiger partial charge in [-0.25, -0.2) is 0 Å². The molecule has 1 fully saturated rings. The Morgan fingerprint density at radius 1 is 1.36 bits per heavy atom. The number of nitrogens with two attached hydrogens (primary N) is 1. The molecule has 0 radical (unpaired) electrons. The number of hydrogen-bond donors (Lipinski definition) is 1. The van der Waals surface area contributed by atoms with Gasteiger partial charge < -0.3 is 15.4 Å². The molecule has 1 heterocycles. The maximum absolute atomic E-state index is 12.2. The second-order valence-electron chi connectivity index (χ2n) is 5.98. The molecule has 22 heavy (non-hydrogen) atoms. The summed E-state index contributed by atoms with van der Waals surface area (Å²) in [5.41, 5.74) is 5.93. The van der Waals surface area contributed by atoms with Crippen molar-refractivity contribution in [2.45, 2.75) is 51.1 Å². The van der Waals surface area contributed by atoms with Gasteiger partial charge >= 0.3 is 0 Å².